The fourth-order valence-corrected chi connectivity index (χ4v) is 3.45. The van der Waals surface area contributed by atoms with Crippen LogP contribution in [0, 0.1) is 0 Å². The van der Waals surface area contributed by atoms with Crippen molar-refractivity contribution in [2.45, 2.75) is 52.5 Å². The van der Waals surface area contributed by atoms with Crippen molar-refractivity contribution in [3.05, 3.63) is 35.7 Å². The SMILES string of the molecule is CCCCCc1nc2cc(/C=C/C(=O)NO)ccc2n1CCN(CC)CCCO. The molecule has 0 bridgehead atoms. The monoisotopic (exact) mass is 402 g/mol. The highest BCUT2D eigenvalue weighted by atomic mass is 16.5. The number of carbonyl (C=O) groups is 1. The number of aliphatic hydroxyl groups excluding tert-OH is 1. The van der Waals surface area contributed by atoms with Gasteiger partial charge in [-0.3, -0.25) is 10.0 Å². The molecule has 2 aromatic rings. The molecular weight excluding hydrogens is 368 g/mol. The van der Waals surface area contributed by atoms with Gasteiger partial charge in [0.05, 0.1) is 11.0 Å². The smallest absolute Gasteiger partial charge is 0.267 e. The van der Waals surface area contributed by atoms with E-state index in [1.165, 1.54) is 18.9 Å². The molecule has 1 heterocycles. The minimum Gasteiger partial charge on any atom is -0.396 e. The third-order valence-electron chi connectivity index (χ3n) is 5.11. The van der Waals surface area contributed by atoms with Crippen LogP contribution in [0.4, 0.5) is 0 Å². The van der Waals surface area contributed by atoms with Gasteiger partial charge in [0, 0.05) is 38.7 Å². The fraction of sp³-hybridized carbons (Fsp3) is 0.545. The predicted octanol–water partition coefficient (Wildman–Crippen LogP) is 2.99. The number of likely N-dealkylation sites (N-methyl/N-ethyl adjacent to an activating group) is 1. The first kappa shape index (κ1) is 23.1. The van der Waals surface area contributed by atoms with Gasteiger partial charge in [0.1, 0.15) is 5.82 Å². The lowest BCUT2D eigenvalue weighted by molar-refractivity contribution is -0.124. The van der Waals surface area contributed by atoms with Gasteiger partial charge in [-0.1, -0.05) is 32.8 Å². The van der Waals surface area contributed by atoms with Crippen LogP contribution in [0.15, 0.2) is 24.3 Å². The van der Waals surface area contributed by atoms with Crippen LogP contribution in [0.25, 0.3) is 17.1 Å². The number of hydrogen-bond acceptors (Lipinski definition) is 5. The predicted molar refractivity (Wildman–Crippen MR) is 116 cm³/mol. The molecule has 0 saturated heterocycles. The minimum absolute atomic E-state index is 0.220. The summed E-state index contributed by atoms with van der Waals surface area (Å²) < 4.78 is 2.31. The summed E-state index contributed by atoms with van der Waals surface area (Å²) in [6, 6.07) is 5.98. The highest BCUT2D eigenvalue weighted by Gasteiger charge is 2.12. The van der Waals surface area contributed by atoms with Crippen molar-refractivity contribution in [1.82, 2.24) is 19.9 Å². The standard InChI is InChI=1S/C22H34N4O3/c1-3-5-6-8-21-23-19-17-18(10-12-22(28)24-29)9-11-20(19)26(21)15-14-25(4-2)13-7-16-27/h9-12,17,27,29H,3-8,13-16H2,1-2H3,(H,24,28)/b12-10+. The molecule has 1 aromatic carbocycles. The quantitative estimate of drug-likeness (QED) is 0.207. The van der Waals surface area contributed by atoms with E-state index >= 15 is 0 Å². The lowest BCUT2D eigenvalue weighted by Crippen LogP contribution is -2.29. The number of amides is 1. The van der Waals surface area contributed by atoms with E-state index in [1.807, 2.05) is 18.2 Å². The van der Waals surface area contributed by atoms with E-state index in [-0.39, 0.29) is 6.61 Å². The molecule has 7 nitrogen and oxygen atoms in total. The minimum atomic E-state index is -0.557. The van der Waals surface area contributed by atoms with Gasteiger partial charge in [-0.2, -0.15) is 0 Å². The number of imidazole rings is 1. The van der Waals surface area contributed by atoms with Gasteiger partial charge in [0.25, 0.3) is 5.91 Å². The number of aryl methyl sites for hydroxylation is 1. The maximum absolute atomic E-state index is 11.2. The molecule has 0 aliphatic rings. The van der Waals surface area contributed by atoms with E-state index in [1.54, 1.807) is 11.6 Å². The van der Waals surface area contributed by atoms with Crippen molar-refractivity contribution >= 4 is 23.0 Å². The van der Waals surface area contributed by atoms with Crippen molar-refractivity contribution in [3.8, 4) is 0 Å². The number of unbranched alkanes of at least 4 members (excludes halogenated alkanes) is 2. The number of nitrogens with one attached hydrogen (secondary N) is 1. The molecule has 160 valence electrons. The maximum Gasteiger partial charge on any atom is 0.267 e. The number of aliphatic hydroxyl groups is 1. The van der Waals surface area contributed by atoms with Crippen molar-refractivity contribution in [1.29, 1.82) is 0 Å². The maximum atomic E-state index is 11.2. The second kappa shape index (κ2) is 12.4. The van der Waals surface area contributed by atoms with Crippen LogP contribution < -0.4 is 5.48 Å². The van der Waals surface area contributed by atoms with Gasteiger partial charge < -0.3 is 14.6 Å². The molecule has 0 aliphatic carbocycles. The van der Waals surface area contributed by atoms with E-state index < -0.39 is 5.91 Å². The Bertz CT molecular complexity index is 801. The largest absolute Gasteiger partial charge is 0.396 e. The Morgan fingerprint density at radius 2 is 2.07 bits per heavy atom. The number of fused-ring (bicyclic) bond motifs is 1. The fourth-order valence-electron chi connectivity index (χ4n) is 3.45. The van der Waals surface area contributed by atoms with Crippen molar-refractivity contribution in [3.63, 3.8) is 0 Å². The molecule has 0 unspecified atom stereocenters. The average molecular weight is 403 g/mol. The first-order valence-corrected chi connectivity index (χ1v) is 10.6. The van der Waals surface area contributed by atoms with Crippen molar-refractivity contribution < 1.29 is 15.1 Å². The summed E-state index contributed by atoms with van der Waals surface area (Å²) in [5.41, 5.74) is 4.47. The summed E-state index contributed by atoms with van der Waals surface area (Å²) in [6.45, 7) is 8.20. The molecule has 7 heteroatoms. The molecule has 29 heavy (non-hydrogen) atoms. The van der Waals surface area contributed by atoms with Crippen molar-refractivity contribution in [2.75, 3.05) is 26.2 Å². The van der Waals surface area contributed by atoms with E-state index in [0.717, 1.165) is 67.9 Å². The van der Waals surface area contributed by atoms with Gasteiger partial charge >= 0.3 is 0 Å². The Morgan fingerprint density at radius 1 is 1.24 bits per heavy atom. The molecule has 0 aliphatic heterocycles. The summed E-state index contributed by atoms with van der Waals surface area (Å²) >= 11 is 0. The summed E-state index contributed by atoms with van der Waals surface area (Å²) in [5.74, 6) is 0.541. The van der Waals surface area contributed by atoms with Gasteiger partial charge in [-0.15, -0.1) is 0 Å². The molecule has 0 spiro atoms. The summed E-state index contributed by atoms with van der Waals surface area (Å²) in [7, 11) is 0. The number of rotatable bonds is 13. The van der Waals surface area contributed by atoms with Crippen LogP contribution in [0.5, 0.6) is 0 Å². The Kier molecular flexibility index (Phi) is 9.83. The lowest BCUT2D eigenvalue weighted by Gasteiger charge is -2.21. The van der Waals surface area contributed by atoms with Crippen LogP contribution >= 0.6 is 0 Å². The third-order valence-corrected chi connectivity index (χ3v) is 5.11. The number of hydroxylamine groups is 1. The first-order valence-electron chi connectivity index (χ1n) is 10.6. The third kappa shape index (κ3) is 6.96. The first-order chi connectivity index (χ1) is 14.1. The molecule has 1 aromatic heterocycles. The number of nitrogens with zero attached hydrogens (tertiary/aromatic N) is 3. The van der Waals surface area contributed by atoms with Crippen LogP contribution in [0.1, 0.15) is 50.9 Å². The van der Waals surface area contributed by atoms with Crippen LogP contribution in [0.2, 0.25) is 0 Å². The summed E-state index contributed by atoms with van der Waals surface area (Å²) in [5, 5.41) is 17.7. The number of benzene rings is 1. The van der Waals surface area contributed by atoms with Crippen LogP contribution in [0.3, 0.4) is 0 Å². The van der Waals surface area contributed by atoms with Crippen LogP contribution in [-0.2, 0) is 17.8 Å². The van der Waals surface area contributed by atoms with Crippen LogP contribution in [-0.4, -0.2) is 56.9 Å². The number of hydrogen-bond donors (Lipinski definition) is 3. The van der Waals surface area contributed by atoms with Gasteiger partial charge in [-0.25, -0.2) is 10.5 Å². The van der Waals surface area contributed by atoms with Crippen molar-refractivity contribution in [2.24, 2.45) is 0 Å². The van der Waals surface area contributed by atoms with E-state index in [9.17, 15) is 4.79 Å². The van der Waals surface area contributed by atoms with E-state index in [4.69, 9.17) is 15.3 Å². The molecule has 0 atom stereocenters. The Labute approximate surface area is 173 Å². The Balaban J connectivity index is 2.25. The van der Waals surface area contributed by atoms with Gasteiger partial charge in [0.15, 0.2) is 0 Å². The molecule has 0 saturated carbocycles. The zero-order valence-electron chi connectivity index (χ0n) is 17.6. The highest BCUT2D eigenvalue weighted by Crippen LogP contribution is 2.20. The zero-order valence-corrected chi connectivity index (χ0v) is 17.6. The number of aromatic nitrogens is 2. The second-order valence-electron chi connectivity index (χ2n) is 7.21. The second-order valence-corrected chi connectivity index (χ2v) is 7.21. The van der Waals surface area contributed by atoms with Gasteiger partial charge in [0.2, 0.25) is 0 Å². The molecule has 3 N–H and O–H groups in total. The lowest BCUT2D eigenvalue weighted by atomic mass is 10.2. The summed E-state index contributed by atoms with van der Waals surface area (Å²) in [4.78, 5) is 18.4. The van der Waals surface area contributed by atoms with E-state index in [0.29, 0.717) is 0 Å². The molecule has 0 fully saturated rings. The van der Waals surface area contributed by atoms with Gasteiger partial charge in [-0.05, 0) is 43.2 Å². The average Bonchev–Trinajstić information content (AvgIpc) is 3.08. The molecule has 0 radical (unpaired) electrons. The molecule has 1 amide bonds. The number of carbonyl (C=O) groups excluding carboxylic acids is 1. The zero-order chi connectivity index (χ0) is 21.1. The summed E-state index contributed by atoms with van der Waals surface area (Å²) in [6.07, 6.45) is 8.17. The molecular formula is C22H34N4O3. The van der Waals surface area contributed by atoms with E-state index in [2.05, 4.69) is 23.3 Å². The Morgan fingerprint density at radius 3 is 2.76 bits per heavy atom. The normalized spacial score (nSPS) is 11.8. The molecule has 2 rings (SSSR count). The Hall–Kier alpha value is -2.22. The highest BCUT2D eigenvalue weighted by molar-refractivity contribution is 5.91. The topological polar surface area (TPSA) is 90.6 Å².